The molecule has 1 rings (SSSR count). The van der Waals surface area contributed by atoms with Crippen LogP contribution in [0, 0.1) is 11.6 Å². The number of carbonyl (C=O) groups excluding carboxylic acids is 1. The number of carboxylic acids is 1. The Kier molecular flexibility index (Phi) is 4.73. The Morgan fingerprint density at radius 3 is 2.56 bits per heavy atom. The van der Waals surface area contributed by atoms with Crippen molar-refractivity contribution in [3.8, 4) is 0 Å². The van der Waals surface area contributed by atoms with Crippen LogP contribution in [0.3, 0.4) is 0 Å². The summed E-state index contributed by atoms with van der Waals surface area (Å²) in [6, 6.07) is 2.48. The molecule has 1 aromatic rings. The summed E-state index contributed by atoms with van der Waals surface area (Å²) in [6.45, 7) is -0.136. The number of rotatable bonds is 5. The Labute approximate surface area is 101 Å². The molecule has 0 saturated carbocycles. The van der Waals surface area contributed by atoms with Gasteiger partial charge in [-0.15, -0.1) is 0 Å². The highest BCUT2D eigenvalue weighted by Gasteiger charge is 2.15. The van der Waals surface area contributed by atoms with Crippen molar-refractivity contribution in [1.82, 2.24) is 5.32 Å². The number of aliphatic hydroxyl groups is 1. The fourth-order valence-corrected chi connectivity index (χ4v) is 1.21. The second kappa shape index (κ2) is 6.06. The van der Waals surface area contributed by atoms with Crippen LogP contribution in [-0.2, 0) is 4.79 Å². The molecule has 0 bridgehead atoms. The lowest BCUT2D eigenvalue weighted by molar-refractivity contribution is -0.146. The van der Waals surface area contributed by atoms with Gasteiger partial charge in [0.05, 0.1) is 5.56 Å². The number of carbonyl (C=O) groups is 2. The van der Waals surface area contributed by atoms with Crippen molar-refractivity contribution < 1.29 is 28.6 Å². The first-order valence-corrected chi connectivity index (χ1v) is 5.06. The molecule has 3 N–H and O–H groups in total. The van der Waals surface area contributed by atoms with Gasteiger partial charge in [0.15, 0.2) is 6.10 Å². The molecule has 98 valence electrons. The maximum absolute atomic E-state index is 13.2. The minimum absolute atomic E-state index is 0.136. The molecule has 0 fully saturated rings. The highest BCUT2D eigenvalue weighted by Crippen LogP contribution is 2.09. The van der Waals surface area contributed by atoms with Crippen molar-refractivity contribution >= 4 is 11.9 Å². The molecule has 0 aromatic heterocycles. The minimum Gasteiger partial charge on any atom is -0.479 e. The molecule has 0 heterocycles. The van der Waals surface area contributed by atoms with Crippen LogP contribution in [0.4, 0.5) is 8.78 Å². The van der Waals surface area contributed by atoms with Gasteiger partial charge in [-0.2, -0.15) is 0 Å². The summed E-state index contributed by atoms with van der Waals surface area (Å²) in [5, 5.41) is 19.5. The van der Waals surface area contributed by atoms with Crippen molar-refractivity contribution in [2.75, 3.05) is 6.54 Å². The quantitative estimate of drug-likeness (QED) is 0.720. The van der Waals surface area contributed by atoms with Crippen LogP contribution >= 0.6 is 0 Å². The number of carboxylic acid groups (broad SMARTS) is 1. The van der Waals surface area contributed by atoms with E-state index in [1.54, 1.807) is 0 Å². The SMILES string of the molecule is O=C(NCC[C@H](O)C(=O)O)c1ccc(F)cc1F. The van der Waals surface area contributed by atoms with E-state index in [1.807, 2.05) is 0 Å². The van der Waals surface area contributed by atoms with Crippen molar-refractivity contribution in [2.24, 2.45) is 0 Å². The van der Waals surface area contributed by atoms with Gasteiger partial charge in [0.25, 0.3) is 5.91 Å². The van der Waals surface area contributed by atoms with Crippen LogP contribution < -0.4 is 5.32 Å². The maximum atomic E-state index is 13.2. The van der Waals surface area contributed by atoms with E-state index in [4.69, 9.17) is 10.2 Å². The second-order valence-corrected chi connectivity index (χ2v) is 3.52. The molecule has 0 aliphatic carbocycles. The molecule has 0 saturated heterocycles. The van der Waals surface area contributed by atoms with Crippen molar-refractivity contribution in [2.45, 2.75) is 12.5 Å². The molecular formula is C11H11F2NO4. The third kappa shape index (κ3) is 3.77. The Morgan fingerprint density at radius 1 is 1.33 bits per heavy atom. The summed E-state index contributed by atoms with van der Waals surface area (Å²) in [6.07, 6.45) is -1.80. The smallest absolute Gasteiger partial charge is 0.332 e. The third-order valence-corrected chi connectivity index (χ3v) is 2.16. The molecule has 18 heavy (non-hydrogen) atoms. The fourth-order valence-electron chi connectivity index (χ4n) is 1.21. The Bertz CT molecular complexity index is 464. The van der Waals surface area contributed by atoms with Crippen molar-refractivity contribution in [1.29, 1.82) is 0 Å². The highest BCUT2D eigenvalue weighted by atomic mass is 19.1. The van der Waals surface area contributed by atoms with Gasteiger partial charge in [-0.3, -0.25) is 4.79 Å². The van der Waals surface area contributed by atoms with Crippen LogP contribution in [0.2, 0.25) is 0 Å². The normalized spacial score (nSPS) is 11.9. The van der Waals surface area contributed by atoms with Crippen molar-refractivity contribution in [3.05, 3.63) is 35.4 Å². The second-order valence-electron chi connectivity index (χ2n) is 3.52. The molecule has 0 radical (unpaired) electrons. The summed E-state index contributed by atoms with van der Waals surface area (Å²) in [4.78, 5) is 21.7. The minimum atomic E-state index is -1.59. The van der Waals surface area contributed by atoms with E-state index >= 15 is 0 Å². The fraction of sp³-hybridized carbons (Fsp3) is 0.273. The third-order valence-electron chi connectivity index (χ3n) is 2.16. The van der Waals surface area contributed by atoms with Gasteiger partial charge < -0.3 is 15.5 Å². The zero-order chi connectivity index (χ0) is 13.7. The summed E-state index contributed by atoms with van der Waals surface area (Å²) < 4.78 is 25.8. The lowest BCUT2D eigenvalue weighted by Gasteiger charge is -2.08. The maximum Gasteiger partial charge on any atom is 0.332 e. The largest absolute Gasteiger partial charge is 0.479 e. The molecule has 5 nitrogen and oxygen atoms in total. The molecule has 0 aliphatic rings. The van der Waals surface area contributed by atoms with Gasteiger partial charge in [-0.25, -0.2) is 13.6 Å². The van der Waals surface area contributed by atoms with Gasteiger partial charge in [-0.05, 0) is 12.1 Å². The summed E-state index contributed by atoms with van der Waals surface area (Å²) >= 11 is 0. The Hall–Kier alpha value is -2.02. The molecule has 1 amide bonds. The number of halogens is 2. The van der Waals surface area contributed by atoms with E-state index in [1.165, 1.54) is 0 Å². The van der Waals surface area contributed by atoms with Gasteiger partial charge in [0.1, 0.15) is 11.6 Å². The zero-order valence-corrected chi connectivity index (χ0v) is 9.19. The average molecular weight is 259 g/mol. The Balaban J connectivity index is 2.53. The van der Waals surface area contributed by atoms with Crippen LogP contribution in [0.15, 0.2) is 18.2 Å². The number of aliphatic carboxylic acids is 1. The predicted octanol–water partition coefficient (Wildman–Crippen LogP) is 0.530. The van der Waals surface area contributed by atoms with E-state index in [9.17, 15) is 18.4 Å². The number of amides is 1. The lowest BCUT2D eigenvalue weighted by Crippen LogP contribution is -2.30. The van der Waals surface area contributed by atoms with Gasteiger partial charge in [0.2, 0.25) is 0 Å². The first-order valence-electron chi connectivity index (χ1n) is 5.06. The number of aliphatic hydroxyl groups excluding tert-OH is 1. The lowest BCUT2D eigenvalue weighted by atomic mass is 10.2. The van der Waals surface area contributed by atoms with E-state index in [0.29, 0.717) is 6.07 Å². The molecule has 0 unspecified atom stereocenters. The average Bonchev–Trinajstić information content (AvgIpc) is 2.28. The van der Waals surface area contributed by atoms with Crippen molar-refractivity contribution in [3.63, 3.8) is 0 Å². The molecule has 7 heteroatoms. The molecule has 1 aromatic carbocycles. The molecule has 1 atom stereocenters. The highest BCUT2D eigenvalue weighted by molar-refractivity contribution is 5.94. The van der Waals surface area contributed by atoms with Gasteiger partial charge in [0, 0.05) is 19.0 Å². The van der Waals surface area contributed by atoms with Crippen LogP contribution in [0.5, 0.6) is 0 Å². The van der Waals surface area contributed by atoms with Gasteiger partial charge in [-0.1, -0.05) is 0 Å². The van der Waals surface area contributed by atoms with Crippen LogP contribution in [0.1, 0.15) is 16.8 Å². The summed E-state index contributed by atoms with van der Waals surface area (Å²) in [5.74, 6) is -4.01. The topological polar surface area (TPSA) is 86.6 Å². The van der Waals surface area contributed by atoms with E-state index in [-0.39, 0.29) is 18.5 Å². The van der Waals surface area contributed by atoms with E-state index in [2.05, 4.69) is 5.32 Å². The molecule has 0 aliphatic heterocycles. The Morgan fingerprint density at radius 2 is 2.00 bits per heavy atom. The summed E-state index contributed by atoms with van der Waals surface area (Å²) in [7, 11) is 0. The van der Waals surface area contributed by atoms with Crippen LogP contribution in [0.25, 0.3) is 0 Å². The standard InChI is InChI=1S/C11H11F2NO4/c12-6-1-2-7(8(13)5-6)10(16)14-4-3-9(15)11(17)18/h1-2,5,9,15H,3-4H2,(H,14,16)(H,17,18)/t9-/m0/s1. The van der Waals surface area contributed by atoms with Gasteiger partial charge >= 0.3 is 5.97 Å². The molecule has 0 spiro atoms. The molecular weight excluding hydrogens is 248 g/mol. The zero-order valence-electron chi connectivity index (χ0n) is 9.19. The number of benzene rings is 1. The van der Waals surface area contributed by atoms with E-state index < -0.39 is 29.6 Å². The number of hydrogen-bond donors (Lipinski definition) is 3. The number of nitrogens with one attached hydrogen (secondary N) is 1. The monoisotopic (exact) mass is 259 g/mol. The summed E-state index contributed by atoms with van der Waals surface area (Å²) in [5.41, 5.74) is -0.346. The van der Waals surface area contributed by atoms with E-state index in [0.717, 1.165) is 12.1 Å². The first-order chi connectivity index (χ1) is 8.41. The predicted molar refractivity (Wildman–Crippen MR) is 57.0 cm³/mol. The number of hydrogen-bond acceptors (Lipinski definition) is 3. The first kappa shape index (κ1) is 14.0. The van der Waals surface area contributed by atoms with Crippen LogP contribution in [-0.4, -0.2) is 34.7 Å².